The van der Waals surface area contributed by atoms with Crippen LogP contribution in [0.2, 0.25) is 0 Å². The molecule has 0 unspecified atom stereocenters. The van der Waals surface area contributed by atoms with Gasteiger partial charge in [0, 0.05) is 6.07 Å². The Balaban J connectivity index is 2.40. The molecule has 2 nitrogen and oxygen atoms in total. The highest BCUT2D eigenvalue weighted by Gasteiger charge is 2.13. The molecule has 0 aliphatic rings. The third kappa shape index (κ3) is 2.88. The van der Waals surface area contributed by atoms with E-state index < -0.39 is 11.6 Å². The lowest BCUT2D eigenvalue weighted by Gasteiger charge is -2.11. The summed E-state index contributed by atoms with van der Waals surface area (Å²) < 4.78 is 32.5. The van der Waals surface area contributed by atoms with Gasteiger partial charge in [0.2, 0.25) is 0 Å². The summed E-state index contributed by atoms with van der Waals surface area (Å²) in [6.45, 7) is 1.64. The fourth-order valence-electron chi connectivity index (χ4n) is 1.59. The molecule has 19 heavy (non-hydrogen) atoms. The van der Waals surface area contributed by atoms with Crippen LogP contribution in [0.3, 0.4) is 0 Å². The van der Waals surface area contributed by atoms with E-state index in [0.29, 0.717) is 5.56 Å². The summed E-state index contributed by atoms with van der Waals surface area (Å²) in [6.07, 6.45) is 0. The average molecular weight is 279 g/mol. The molecule has 5 heteroatoms. The number of hydrogen-bond donors (Lipinski definition) is 1. The number of nitrogens with two attached hydrogens (primary N) is 1. The first-order valence-corrected chi connectivity index (χ1v) is 5.92. The maximum absolute atomic E-state index is 13.6. The van der Waals surface area contributed by atoms with Crippen LogP contribution in [0.5, 0.6) is 11.5 Å². The number of ether oxygens (including phenoxy) is 1. The van der Waals surface area contributed by atoms with Crippen molar-refractivity contribution in [2.75, 3.05) is 0 Å². The fraction of sp³-hybridized carbons (Fsp3) is 0.0714. The minimum Gasteiger partial charge on any atom is -0.456 e. The summed E-state index contributed by atoms with van der Waals surface area (Å²) in [5, 5.41) is 0. The minimum atomic E-state index is -0.572. The monoisotopic (exact) mass is 279 g/mol. The molecule has 0 bridgehead atoms. The molecule has 2 aromatic rings. The second kappa shape index (κ2) is 5.32. The zero-order valence-corrected chi connectivity index (χ0v) is 10.9. The molecule has 0 aliphatic heterocycles. The van der Waals surface area contributed by atoms with Crippen molar-refractivity contribution in [3.63, 3.8) is 0 Å². The highest BCUT2D eigenvalue weighted by Crippen LogP contribution is 2.28. The van der Waals surface area contributed by atoms with Crippen molar-refractivity contribution >= 4 is 17.2 Å². The van der Waals surface area contributed by atoms with Crippen LogP contribution >= 0.6 is 12.2 Å². The van der Waals surface area contributed by atoms with Crippen LogP contribution in [0.1, 0.15) is 11.1 Å². The lowest BCUT2D eigenvalue weighted by atomic mass is 10.2. The van der Waals surface area contributed by atoms with Crippen LogP contribution in [-0.2, 0) is 0 Å². The Kier molecular flexibility index (Phi) is 3.76. The number of aryl methyl sites for hydroxylation is 1. The van der Waals surface area contributed by atoms with Crippen molar-refractivity contribution in [2.24, 2.45) is 5.73 Å². The first-order valence-electron chi connectivity index (χ1n) is 5.51. The predicted molar refractivity (Wildman–Crippen MR) is 73.5 cm³/mol. The van der Waals surface area contributed by atoms with Gasteiger partial charge in [-0.25, -0.2) is 8.78 Å². The molecule has 2 rings (SSSR count). The van der Waals surface area contributed by atoms with Gasteiger partial charge in [-0.2, -0.15) is 0 Å². The second-order valence-corrected chi connectivity index (χ2v) is 4.43. The number of rotatable bonds is 3. The Bertz CT molecular complexity index is 643. The van der Waals surface area contributed by atoms with E-state index in [1.54, 1.807) is 19.1 Å². The number of halogens is 2. The molecule has 0 atom stereocenters. The number of hydrogen-bond acceptors (Lipinski definition) is 2. The van der Waals surface area contributed by atoms with Gasteiger partial charge in [0.1, 0.15) is 28.1 Å². The van der Waals surface area contributed by atoms with Crippen molar-refractivity contribution in [1.29, 1.82) is 0 Å². The van der Waals surface area contributed by atoms with E-state index in [9.17, 15) is 8.78 Å². The lowest BCUT2D eigenvalue weighted by molar-refractivity contribution is 0.469. The molecule has 98 valence electrons. The molecule has 0 amide bonds. The molecule has 0 aromatic heterocycles. The molecule has 0 fully saturated rings. The SMILES string of the molecule is Cc1ccc(Oc2cccc(F)c2C(N)=S)cc1F. The molecular formula is C14H11F2NOS. The van der Waals surface area contributed by atoms with Crippen molar-refractivity contribution in [3.8, 4) is 11.5 Å². The summed E-state index contributed by atoms with van der Waals surface area (Å²) in [4.78, 5) is -0.110. The molecule has 0 spiro atoms. The summed E-state index contributed by atoms with van der Waals surface area (Å²) in [5.41, 5.74) is 5.97. The van der Waals surface area contributed by atoms with Gasteiger partial charge < -0.3 is 10.5 Å². The lowest BCUT2D eigenvalue weighted by Crippen LogP contribution is -2.13. The van der Waals surface area contributed by atoms with Gasteiger partial charge in [0.05, 0.1) is 5.56 Å². The van der Waals surface area contributed by atoms with E-state index in [1.807, 2.05) is 0 Å². The van der Waals surface area contributed by atoms with Crippen molar-refractivity contribution in [2.45, 2.75) is 6.92 Å². The Morgan fingerprint density at radius 3 is 2.53 bits per heavy atom. The highest BCUT2D eigenvalue weighted by atomic mass is 32.1. The van der Waals surface area contributed by atoms with E-state index in [0.717, 1.165) is 0 Å². The van der Waals surface area contributed by atoms with Gasteiger partial charge in [0.25, 0.3) is 0 Å². The van der Waals surface area contributed by atoms with Gasteiger partial charge in [0.15, 0.2) is 0 Å². The topological polar surface area (TPSA) is 35.2 Å². The molecule has 0 heterocycles. The van der Waals surface area contributed by atoms with Crippen LogP contribution in [0.4, 0.5) is 8.78 Å². The van der Waals surface area contributed by atoms with Crippen LogP contribution in [0.15, 0.2) is 36.4 Å². The molecular weight excluding hydrogens is 268 g/mol. The fourth-order valence-corrected chi connectivity index (χ4v) is 1.79. The first-order chi connectivity index (χ1) is 8.99. The molecule has 0 aliphatic carbocycles. The average Bonchev–Trinajstić information content (AvgIpc) is 2.33. The minimum absolute atomic E-state index is 0.0125. The zero-order valence-electron chi connectivity index (χ0n) is 10.1. The van der Waals surface area contributed by atoms with Crippen molar-refractivity contribution in [3.05, 3.63) is 59.2 Å². The van der Waals surface area contributed by atoms with Crippen molar-refractivity contribution in [1.82, 2.24) is 0 Å². The Morgan fingerprint density at radius 1 is 1.16 bits per heavy atom. The van der Waals surface area contributed by atoms with Crippen LogP contribution in [-0.4, -0.2) is 4.99 Å². The normalized spacial score (nSPS) is 10.3. The van der Waals surface area contributed by atoms with E-state index >= 15 is 0 Å². The van der Waals surface area contributed by atoms with E-state index in [-0.39, 0.29) is 22.1 Å². The van der Waals surface area contributed by atoms with Gasteiger partial charge in [-0.3, -0.25) is 0 Å². The maximum atomic E-state index is 13.6. The summed E-state index contributed by atoms with van der Waals surface area (Å²) in [6, 6.07) is 8.62. The summed E-state index contributed by atoms with van der Waals surface area (Å²) >= 11 is 4.78. The molecule has 2 N–H and O–H groups in total. The third-order valence-electron chi connectivity index (χ3n) is 2.59. The van der Waals surface area contributed by atoms with E-state index in [1.165, 1.54) is 24.3 Å². The van der Waals surface area contributed by atoms with Crippen LogP contribution in [0, 0.1) is 18.6 Å². The third-order valence-corrected chi connectivity index (χ3v) is 2.80. The van der Waals surface area contributed by atoms with Crippen molar-refractivity contribution < 1.29 is 13.5 Å². The van der Waals surface area contributed by atoms with Gasteiger partial charge in [-0.05, 0) is 30.7 Å². The standard InChI is InChI=1S/C14H11F2NOS/c1-8-5-6-9(7-11(8)16)18-12-4-2-3-10(15)13(12)14(17)19/h2-7H,1H3,(H2,17,19). The quantitative estimate of drug-likeness (QED) is 0.870. The van der Waals surface area contributed by atoms with E-state index in [4.69, 9.17) is 22.7 Å². The van der Waals surface area contributed by atoms with Gasteiger partial charge in [-0.15, -0.1) is 0 Å². The smallest absolute Gasteiger partial charge is 0.140 e. The largest absolute Gasteiger partial charge is 0.456 e. The number of thiocarbonyl (C=S) groups is 1. The summed E-state index contributed by atoms with van der Waals surface area (Å²) in [5.74, 6) is -0.551. The van der Waals surface area contributed by atoms with Crippen LogP contribution in [0.25, 0.3) is 0 Å². The van der Waals surface area contributed by atoms with E-state index in [2.05, 4.69) is 0 Å². The van der Waals surface area contributed by atoms with Gasteiger partial charge in [-0.1, -0.05) is 24.4 Å². The Labute approximate surface area is 114 Å². The maximum Gasteiger partial charge on any atom is 0.140 e. The molecule has 0 saturated heterocycles. The predicted octanol–water partition coefficient (Wildman–Crippen LogP) is 3.70. The van der Waals surface area contributed by atoms with Gasteiger partial charge >= 0.3 is 0 Å². The second-order valence-electron chi connectivity index (χ2n) is 3.99. The molecule has 0 saturated carbocycles. The Morgan fingerprint density at radius 2 is 1.89 bits per heavy atom. The molecule has 2 aromatic carbocycles. The van der Waals surface area contributed by atoms with Crippen LogP contribution < -0.4 is 10.5 Å². The zero-order chi connectivity index (χ0) is 14.0. The first kappa shape index (κ1) is 13.4. The number of benzene rings is 2. The highest BCUT2D eigenvalue weighted by molar-refractivity contribution is 7.80. The Hall–Kier alpha value is -2.01. The molecule has 0 radical (unpaired) electrons. The summed E-state index contributed by atoms with van der Waals surface area (Å²) in [7, 11) is 0.